The van der Waals surface area contributed by atoms with E-state index in [1.54, 1.807) is 6.08 Å². The maximum atomic E-state index is 12.0. The van der Waals surface area contributed by atoms with Crippen LogP contribution in [-0.2, 0) is 10.0 Å². The zero-order valence-electron chi connectivity index (χ0n) is 13.9. The number of rotatable bonds is 5. The van der Waals surface area contributed by atoms with E-state index in [9.17, 15) is 8.42 Å². The van der Waals surface area contributed by atoms with Gasteiger partial charge >= 0.3 is 0 Å². The summed E-state index contributed by atoms with van der Waals surface area (Å²) in [5.41, 5.74) is 11.7. The van der Waals surface area contributed by atoms with Crippen molar-refractivity contribution in [1.82, 2.24) is 4.72 Å². The largest absolute Gasteiger partial charge is 0.399 e. The lowest BCUT2D eigenvalue weighted by Crippen LogP contribution is -2.23. The van der Waals surface area contributed by atoms with Crippen LogP contribution in [0.4, 0.5) is 5.69 Å². The van der Waals surface area contributed by atoms with Crippen LogP contribution in [0.2, 0.25) is 0 Å². The Balaban J connectivity index is 1.88. The third-order valence-electron chi connectivity index (χ3n) is 4.17. The lowest BCUT2D eigenvalue weighted by Gasteiger charge is -2.11. The number of aryl methyl sites for hydroxylation is 2. The van der Waals surface area contributed by atoms with Crippen LogP contribution >= 0.6 is 0 Å². The third-order valence-corrected chi connectivity index (χ3v) is 5.33. The van der Waals surface area contributed by atoms with Gasteiger partial charge in [-0.05, 0) is 72.7 Å². The van der Waals surface area contributed by atoms with Crippen LogP contribution in [0.3, 0.4) is 0 Å². The molecule has 0 aliphatic heterocycles. The van der Waals surface area contributed by atoms with E-state index in [-0.39, 0.29) is 6.04 Å². The highest BCUT2D eigenvalue weighted by molar-refractivity contribution is 7.92. The second kappa shape index (κ2) is 6.42. The van der Waals surface area contributed by atoms with E-state index < -0.39 is 10.0 Å². The summed E-state index contributed by atoms with van der Waals surface area (Å²) in [5, 5.41) is 1.26. The Labute approximate surface area is 143 Å². The highest BCUT2D eigenvalue weighted by atomic mass is 32.2. The van der Waals surface area contributed by atoms with Gasteiger partial charge in [-0.2, -0.15) is 0 Å². The number of hydrogen-bond donors (Lipinski definition) is 2. The summed E-state index contributed by atoms with van der Waals surface area (Å²) in [6.45, 7) is 4.01. The first kappa shape index (κ1) is 16.7. The predicted molar refractivity (Wildman–Crippen MR) is 99.9 cm³/mol. The Morgan fingerprint density at radius 3 is 2.38 bits per heavy atom. The number of anilines is 1. The minimum Gasteiger partial charge on any atom is -0.399 e. The zero-order valence-corrected chi connectivity index (χ0v) is 14.7. The molecular formula is C19H22N2O2S. The maximum absolute atomic E-state index is 12.0. The lowest BCUT2D eigenvalue weighted by molar-refractivity contribution is 0.590. The van der Waals surface area contributed by atoms with Gasteiger partial charge in [-0.25, -0.2) is 13.1 Å². The molecule has 1 saturated carbocycles. The standard InChI is InChI=1S/C19H22N2O2S/c1-13-12-19(15-3-5-17(20)6-4-15)14(2)11-16(13)9-10-24(22,23)21-18-7-8-18/h3-6,9-12,18,21H,7-8,20H2,1-2H3/b10-9+. The van der Waals surface area contributed by atoms with Crippen LogP contribution in [0.1, 0.15) is 29.5 Å². The molecule has 0 atom stereocenters. The summed E-state index contributed by atoms with van der Waals surface area (Å²) in [5.74, 6) is 0. The molecule has 0 amide bonds. The molecule has 1 aliphatic carbocycles. The molecule has 4 nitrogen and oxygen atoms in total. The molecule has 0 radical (unpaired) electrons. The molecule has 126 valence electrons. The summed E-state index contributed by atoms with van der Waals surface area (Å²) in [6.07, 6.45) is 3.53. The zero-order chi connectivity index (χ0) is 17.3. The third kappa shape index (κ3) is 4.04. The number of benzene rings is 2. The molecule has 24 heavy (non-hydrogen) atoms. The van der Waals surface area contributed by atoms with E-state index in [0.29, 0.717) is 0 Å². The van der Waals surface area contributed by atoms with Crippen molar-refractivity contribution in [3.8, 4) is 11.1 Å². The first-order valence-corrected chi connectivity index (χ1v) is 9.56. The normalized spacial score (nSPS) is 15.1. The van der Waals surface area contributed by atoms with E-state index >= 15 is 0 Å². The SMILES string of the molecule is Cc1cc(-c2ccc(N)cc2)c(C)cc1/C=C/S(=O)(=O)NC1CC1. The molecule has 0 unspecified atom stereocenters. The van der Waals surface area contributed by atoms with Gasteiger partial charge in [0.25, 0.3) is 0 Å². The summed E-state index contributed by atoms with van der Waals surface area (Å²) in [7, 11) is -3.36. The van der Waals surface area contributed by atoms with Crippen LogP contribution in [0.15, 0.2) is 41.8 Å². The topological polar surface area (TPSA) is 72.2 Å². The fourth-order valence-corrected chi connectivity index (χ4v) is 3.73. The van der Waals surface area contributed by atoms with Crippen LogP contribution in [0.5, 0.6) is 0 Å². The number of nitrogens with two attached hydrogens (primary N) is 1. The summed E-state index contributed by atoms with van der Waals surface area (Å²) in [6, 6.07) is 12.0. The fourth-order valence-electron chi connectivity index (χ4n) is 2.63. The molecule has 0 aromatic heterocycles. The Hall–Kier alpha value is -2.11. The van der Waals surface area contributed by atoms with Gasteiger partial charge in [0, 0.05) is 17.1 Å². The molecule has 1 aliphatic rings. The van der Waals surface area contributed by atoms with Crippen molar-refractivity contribution >= 4 is 21.8 Å². The van der Waals surface area contributed by atoms with Gasteiger partial charge in [-0.3, -0.25) is 0 Å². The van der Waals surface area contributed by atoms with Crippen molar-refractivity contribution in [3.05, 3.63) is 58.5 Å². The fraction of sp³-hybridized carbons (Fsp3) is 0.263. The molecule has 3 N–H and O–H groups in total. The van der Waals surface area contributed by atoms with Crippen molar-refractivity contribution in [2.24, 2.45) is 0 Å². The first-order chi connectivity index (χ1) is 11.3. The summed E-state index contributed by atoms with van der Waals surface area (Å²) in [4.78, 5) is 0. The number of hydrogen-bond acceptors (Lipinski definition) is 3. The second-order valence-electron chi connectivity index (χ2n) is 6.39. The van der Waals surface area contributed by atoms with E-state index in [1.165, 1.54) is 5.41 Å². The van der Waals surface area contributed by atoms with Gasteiger partial charge in [-0.1, -0.05) is 24.3 Å². The Bertz CT molecular complexity index is 880. The van der Waals surface area contributed by atoms with Gasteiger partial charge in [0.05, 0.1) is 0 Å². The number of nitrogens with one attached hydrogen (secondary N) is 1. The quantitative estimate of drug-likeness (QED) is 0.816. The van der Waals surface area contributed by atoms with Crippen molar-refractivity contribution in [2.75, 3.05) is 5.73 Å². The molecule has 1 fully saturated rings. The van der Waals surface area contributed by atoms with Gasteiger partial charge in [0.2, 0.25) is 10.0 Å². The second-order valence-corrected chi connectivity index (χ2v) is 7.98. The highest BCUT2D eigenvalue weighted by Gasteiger charge is 2.25. The van der Waals surface area contributed by atoms with Crippen molar-refractivity contribution in [2.45, 2.75) is 32.7 Å². The summed E-state index contributed by atoms with van der Waals surface area (Å²) < 4.78 is 26.6. The lowest BCUT2D eigenvalue weighted by atomic mass is 9.95. The molecule has 2 aromatic carbocycles. The Kier molecular flexibility index (Phi) is 4.47. The average Bonchev–Trinajstić information content (AvgIpc) is 3.32. The van der Waals surface area contributed by atoms with Gasteiger partial charge < -0.3 is 5.73 Å². The highest BCUT2D eigenvalue weighted by Crippen LogP contribution is 2.28. The minimum atomic E-state index is -3.36. The molecule has 0 bridgehead atoms. The van der Waals surface area contributed by atoms with E-state index in [1.807, 2.05) is 44.2 Å². The van der Waals surface area contributed by atoms with Crippen LogP contribution < -0.4 is 10.5 Å². The molecular weight excluding hydrogens is 320 g/mol. The van der Waals surface area contributed by atoms with Crippen molar-refractivity contribution < 1.29 is 8.42 Å². The number of nitrogen functional groups attached to an aromatic ring is 1. The molecule has 0 heterocycles. The number of sulfonamides is 1. The van der Waals surface area contributed by atoms with E-state index in [2.05, 4.69) is 10.8 Å². The van der Waals surface area contributed by atoms with Crippen molar-refractivity contribution in [3.63, 3.8) is 0 Å². The van der Waals surface area contributed by atoms with E-state index in [4.69, 9.17) is 5.73 Å². The molecule has 3 rings (SSSR count). The van der Waals surface area contributed by atoms with Gasteiger partial charge in [0.15, 0.2) is 0 Å². The monoisotopic (exact) mass is 342 g/mol. The van der Waals surface area contributed by atoms with Gasteiger partial charge in [-0.15, -0.1) is 0 Å². The van der Waals surface area contributed by atoms with Crippen LogP contribution in [-0.4, -0.2) is 14.5 Å². The maximum Gasteiger partial charge on any atom is 0.233 e. The molecule has 2 aromatic rings. The first-order valence-electron chi connectivity index (χ1n) is 8.02. The molecule has 5 heteroatoms. The van der Waals surface area contributed by atoms with Crippen molar-refractivity contribution in [1.29, 1.82) is 0 Å². The van der Waals surface area contributed by atoms with Crippen LogP contribution in [0, 0.1) is 13.8 Å². The minimum absolute atomic E-state index is 0.121. The van der Waals surface area contributed by atoms with Crippen LogP contribution in [0.25, 0.3) is 17.2 Å². The average molecular weight is 342 g/mol. The molecule has 0 spiro atoms. The molecule has 0 saturated heterocycles. The Morgan fingerprint density at radius 1 is 1.08 bits per heavy atom. The smallest absolute Gasteiger partial charge is 0.233 e. The summed E-state index contributed by atoms with van der Waals surface area (Å²) >= 11 is 0. The van der Waals surface area contributed by atoms with E-state index in [0.717, 1.165) is 46.3 Å². The Morgan fingerprint density at radius 2 is 1.75 bits per heavy atom. The van der Waals surface area contributed by atoms with Gasteiger partial charge in [0.1, 0.15) is 0 Å². The predicted octanol–water partition coefficient (Wildman–Crippen LogP) is 3.61.